The summed E-state index contributed by atoms with van der Waals surface area (Å²) in [6.45, 7) is 0. The fraction of sp³-hybridized carbons (Fsp3) is 0.0714. The summed E-state index contributed by atoms with van der Waals surface area (Å²) in [5, 5.41) is 0.446. The van der Waals surface area contributed by atoms with Gasteiger partial charge >= 0.3 is 0 Å². The Balaban J connectivity index is 2.19. The van der Waals surface area contributed by atoms with Crippen molar-refractivity contribution in [2.75, 3.05) is 0 Å². The van der Waals surface area contributed by atoms with Crippen LogP contribution in [0.4, 0.5) is 4.39 Å². The van der Waals surface area contributed by atoms with Gasteiger partial charge in [-0.2, -0.15) is 8.42 Å². The van der Waals surface area contributed by atoms with Crippen molar-refractivity contribution in [1.29, 1.82) is 0 Å². The van der Waals surface area contributed by atoms with Crippen molar-refractivity contribution in [1.82, 2.24) is 4.57 Å². The Morgan fingerprint density at radius 1 is 1.18 bits per heavy atom. The highest BCUT2D eigenvalue weighted by Crippen LogP contribution is 2.19. The Kier molecular flexibility index (Phi) is 3.80. The Morgan fingerprint density at radius 2 is 1.86 bits per heavy atom. The van der Waals surface area contributed by atoms with Gasteiger partial charge in [-0.05, 0) is 42.5 Å². The molecule has 0 N–H and O–H groups in total. The molecule has 2 aromatic carbocycles. The lowest BCUT2D eigenvalue weighted by Gasteiger charge is -1.98. The number of aryl methyl sites for hydroxylation is 1. The zero-order valence-electron chi connectivity index (χ0n) is 11.3. The number of sulfonamides is 1. The monoisotopic (exact) mass is 356 g/mol. The minimum absolute atomic E-state index is 0.0561. The minimum Gasteiger partial charge on any atom is -0.319 e. The number of hydrogen-bond donors (Lipinski definition) is 0. The molecule has 0 aliphatic rings. The smallest absolute Gasteiger partial charge is 0.285 e. The van der Waals surface area contributed by atoms with Crippen LogP contribution in [0, 0.1) is 5.82 Å². The number of aromatic nitrogens is 1. The maximum Gasteiger partial charge on any atom is 0.285 e. The molecule has 0 saturated heterocycles. The van der Waals surface area contributed by atoms with Crippen LogP contribution in [0.15, 0.2) is 51.8 Å². The van der Waals surface area contributed by atoms with Gasteiger partial charge in [0.1, 0.15) is 5.82 Å². The summed E-state index contributed by atoms with van der Waals surface area (Å²) in [5.41, 5.74) is 0.719. The highest BCUT2D eigenvalue weighted by Gasteiger charge is 2.14. The molecule has 0 aliphatic carbocycles. The van der Waals surface area contributed by atoms with E-state index in [0.29, 0.717) is 9.72 Å². The molecule has 0 fully saturated rings. The third-order valence-electron chi connectivity index (χ3n) is 3.08. The predicted octanol–water partition coefficient (Wildman–Crippen LogP) is 3.32. The molecule has 0 atom stereocenters. The summed E-state index contributed by atoms with van der Waals surface area (Å²) in [6, 6.07) is 10.0. The Morgan fingerprint density at radius 3 is 2.55 bits per heavy atom. The van der Waals surface area contributed by atoms with Gasteiger partial charge in [-0.1, -0.05) is 22.9 Å². The van der Waals surface area contributed by atoms with E-state index in [9.17, 15) is 12.8 Å². The summed E-state index contributed by atoms with van der Waals surface area (Å²) < 4.78 is 44.0. The van der Waals surface area contributed by atoms with E-state index in [4.69, 9.17) is 11.6 Å². The molecule has 8 heteroatoms. The number of nitrogens with zero attached hydrogens (tertiary/aromatic N) is 2. The quantitative estimate of drug-likeness (QED) is 0.707. The number of halogens is 2. The van der Waals surface area contributed by atoms with Crippen molar-refractivity contribution >= 4 is 43.2 Å². The summed E-state index contributed by atoms with van der Waals surface area (Å²) in [4.78, 5) is 0.330. The standard InChI is InChI=1S/C14H10ClFN2O2S2/c1-18-12-7-4-10(16)8-13(12)21-14(18)17-22(19,20)11-5-2-9(15)3-6-11/h2-8H,1H3/b17-14-. The summed E-state index contributed by atoms with van der Waals surface area (Å²) >= 11 is 6.87. The first-order valence-corrected chi connectivity index (χ1v) is 8.82. The number of hydrogen-bond acceptors (Lipinski definition) is 3. The molecule has 3 aromatic rings. The third-order valence-corrected chi connectivity index (χ3v) is 5.82. The van der Waals surface area contributed by atoms with E-state index in [2.05, 4.69) is 4.40 Å². The van der Waals surface area contributed by atoms with Crippen LogP contribution in [-0.4, -0.2) is 13.0 Å². The maximum atomic E-state index is 13.3. The lowest BCUT2D eigenvalue weighted by molar-refractivity contribution is 0.596. The van der Waals surface area contributed by atoms with Crippen LogP contribution in [0.2, 0.25) is 5.02 Å². The van der Waals surface area contributed by atoms with Crippen LogP contribution < -0.4 is 4.80 Å². The molecular formula is C14H10ClFN2O2S2. The first-order valence-electron chi connectivity index (χ1n) is 6.18. The van der Waals surface area contributed by atoms with E-state index in [1.54, 1.807) is 17.7 Å². The number of benzene rings is 2. The number of fused-ring (bicyclic) bond motifs is 1. The van der Waals surface area contributed by atoms with Gasteiger partial charge in [0.05, 0.1) is 15.1 Å². The van der Waals surface area contributed by atoms with Crippen molar-refractivity contribution < 1.29 is 12.8 Å². The average Bonchev–Trinajstić information content (AvgIpc) is 2.74. The molecule has 1 heterocycles. The maximum absolute atomic E-state index is 13.3. The minimum atomic E-state index is -3.85. The van der Waals surface area contributed by atoms with Crippen LogP contribution in [0.1, 0.15) is 0 Å². The molecule has 22 heavy (non-hydrogen) atoms. The Labute approximate surface area is 135 Å². The van der Waals surface area contributed by atoms with Gasteiger partial charge in [0.2, 0.25) is 4.80 Å². The van der Waals surface area contributed by atoms with Crippen LogP contribution in [0.25, 0.3) is 10.2 Å². The van der Waals surface area contributed by atoms with Gasteiger partial charge in [0.25, 0.3) is 10.0 Å². The van der Waals surface area contributed by atoms with Crippen LogP contribution >= 0.6 is 22.9 Å². The highest BCUT2D eigenvalue weighted by molar-refractivity contribution is 7.90. The fourth-order valence-electron chi connectivity index (χ4n) is 1.96. The Hall–Kier alpha value is -1.70. The van der Waals surface area contributed by atoms with Gasteiger partial charge in [0, 0.05) is 12.1 Å². The second-order valence-corrected chi connectivity index (χ2v) is 7.63. The lowest BCUT2D eigenvalue weighted by Crippen LogP contribution is -2.13. The molecule has 0 amide bonds. The van der Waals surface area contributed by atoms with Crippen molar-refractivity contribution in [3.05, 3.63) is 58.1 Å². The first-order chi connectivity index (χ1) is 10.4. The predicted molar refractivity (Wildman–Crippen MR) is 85.0 cm³/mol. The molecule has 0 unspecified atom stereocenters. The largest absolute Gasteiger partial charge is 0.319 e. The molecule has 0 radical (unpaired) electrons. The molecule has 114 valence electrons. The molecule has 0 aliphatic heterocycles. The van der Waals surface area contributed by atoms with Gasteiger partial charge in [-0.3, -0.25) is 0 Å². The van der Waals surface area contributed by atoms with E-state index < -0.39 is 10.0 Å². The number of thiazole rings is 1. The summed E-state index contributed by atoms with van der Waals surface area (Å²) in [5.74, 6) is -0.374. The molecule has 0 bridgehead atoms. The normalized spacial score (nSPS) is 13.0. The summed E-state index contributed by atoms with van der Waals surface area (Å²) in [6.07, 6.45) is 0. The zero-order valence-corrected chi connectivity index (χ0v) is 13.7. The molecule has 4 nitrogen and oxygen atoms in total. The summed E-state index contributed by atoms with van der Waals surface area (Å²) in [7, 11) is -2.16. The molecule has 0 spiro atoms. The fourth-order valence-corrected chi connectivity index (χ4v) is 4.35. The SMILES string of the molecule is Cn1/c(=N/S(=O)(=O)c2ccc(Cl)cc2)sc2cc(F)ccc21. The Bertz CT molecular complexity index is 1020. The van der Waals surface area contributed by atoms with Crippen LogP contribution in [-0.2, 0) is 17.1 Å². The van der Waals surface area contributed by atoms with E-state index >= 15 is 0 Å². The van der Waals surface area contributed by atoms with Gasteiger partial charge in [0.15, 0.2) is 0 Å². The first kappa shape index (κ1) is 15.2. The van der Waals surface area contributed by atoms with Gasteiger partial charge in [-0.25, -0.2) is 4.39 Å². The van der Waals surface area contributed by atoms with Crippen molar-refractivity contribution in [3.8, 4) is 0 Å². The zero-order chi connectivity index (χ0) is 15.9. The topological polar surface area (TPSA) is 51.4 Å². The third kappa shape index (κ3) is 2.79. The van der Waals surface area contributed by atoms with Crippen LogP contribution in [0.5, 0.6) is 0 Å². The highest BCUT2D eigenvalue weighted by atomic mass is 35.5. The second kappa shape index (κ2) is 5.49. The van der Waals surface area contributed by atoms with Crippen molar-refractivity contribution in [2.24, 2.45) is 11.4 Å². The van der Waals surface area contributed by atoms with Gasteiger partial charge < -0.3 is 4.57 Å². The average molecular weight is 357 g/mol. The molecule has 3 rings (SSSR count). The molecule has 0 saturated carbocycles. The van der Waals surface area contributed by atoms with E-state index in [1.165, 1.54) is 36.4 Å². The van der Waals surface area contributed by atoms with Crippen molar-refractivity contribution in [2.45, 2.75) is 4.90 Å². The molecular weight excluding hydrogens is 347 g/mol. The van der Waals surface area contributed by atoms with Crippen LogP contribution in [0.3, 0.4) is 0 Å². The van der Waals surface area contributed by atoms with E-state index in [0.717, 1.165) is 16.9 Å². The number of rotatable bonds is 2. The lowest BCUT2D eigenvalue weighted by atomic mass is 10.3. The van der Waals surface area contributed by atoms with E-state index in [1.807, 2.05) is 0 Å². The van der Waals surface area contributed by atoms with E-state index in [-0.39, 0.29) is 15.5 Å². The van der Waals surface area contributed by atoms with Gasteiger partial charge in [-0.15, -0.1) is 4.40 Å². The van der Waals surface area contributed by atoms with Crippen molar-refractivity contribution in [3.63, 3.8) is 0 Å². The second-order valence-electron chi connectivity index (χ2n) is 4.58. The molecule has 1 aromatic heterocycles.